The Kier molecular flexibility index (Phi) is 5.72. The van der Waals surface area contributed by atoms with Crippen LogP contribution in [0.4, 0.5) is 0 Å². The number of carboxylic acids is 1. The van der Waals surface area contributed by atoms with Gasteiger partial charge in [-0.05, 0) is 35.9 Å². The van der Waals surface area contributed by atoms with Crippen molar-refractivity contribution in [1.82, 2.24) is 0 Å². The highest BCUT2D eigenvalue weighted by Gasteiger charge is 2.20. The third-order valence-corrected chi connectivity index (χ3v) is 4.36. The maximum Gasteiger partial charge on any atom is 0.311 e. The molecule has 22 heavy (non-hydrogen) atoms. The van der Waals surface area contributed by atoms with Crippen molar-refractivity contribution >= 4 is 17.7 Å². The second-order valence-corrected chi connectivity index (χ2v) is 5.75. The normalized spacial score (nSPS) is 11.7. The average Bonchev–Trinajstić information content (AvgIpc) is 2.55. The molecule has 0 saturated heterocycles. The van der Waals surface area contributed by atoms with E-state index in [4.69, 9.17) is 9.47 Å². The number of rotatable bonds is 7. The van der Waals surface area contributed by atoms with E-state index in [2.05, 4.69) is 0 Å². The van der Waals surface area contributed by atoms with Crippen molar-refractivity contribution in [2.24, 2.45) is 0 Å². The van der Waals surface area contributed by atoms with Crippen LogP contribution in [0.2, 0.25) is 0 Å². The number of aliphatic carboxylic acids is 1. The van der Waals surface area contributed by atoms with Crippen LogP contribution in [0.1, 0.15) is 11.5 Å². The van der Waals surface area contributed by atoms with Crippen LogP contribution in [0.5, 0.6) is 11.5 Å². The van der Waals surface area contributed by atoms with Crippen molar-refractivity contribution in [2.75, 3.05) is 20.0 Å². The second kappa shape index (κ2) is 7.75. The molecule has 0 aromatic heterocycles. The van der Waals surface area contributed by atoms with E-state index in [0.717, 1.165) is 16.2 Å². The Balaban J connectivity index is 2.09. The fourth-order valence-corrected chi connectivity index (χ4v) is 3.09. The van der Waals surface area contributed by atoms with Gasteiger partial charge >= 0.3 is 5.97 Å². The quantitative estimate of drug-likeness (QED) is 0.790. The van der Waals surface area contributed by atoms with Gasteiger partial charge in [-0.1, -0.05) is 18.2 Å². The first-order valence-corrected chi connectivity index (χ1v) is 7.76. The maximum absolute atomic E-state index is 11.5. The fourth-order valence-electron chi connectivity index (χ4n) is 2.02. The van der Waals surface area contributed by atoms with E-state index in [9.17, 15) is 9.90 Å². The highest BCUT2D eigenvalue weighted by Crippen LogP contribution is 2.29. The summed E-state index contributed by atoms with van der Waals surface area (Å²) in [6, 6.07) is 14.8. The molecule has 0 spiro atoms. The number of benzene rings is 2. The zero-order valence-electron chi connectivity index (χ0n) is 12.5. The van der Waals surface area contributed by atoms with Crippen LogP contribution < -0.4 is 9.47 Å². The van der Waals surface area contributed by atoms with Crippen LogP contribution in [-0.2, 0) is 4.79 Å². The summed E-state index contributed by atoms with van der Waals surface area (Å²) in [6.45, 7) is 0. The number of carbonyl (C=O) groups is 1. The lowest BCUT2D eigenvalue weighted by molar-refractivity contribution is -0.138. The summed E-state index contributed by atoms with van der Waals surface area (Å²) in [7, 11) is 3.20. The van der Waals surface area contributed by atoms with Crippen molar-refractivity contribution in [3.05, 3.63) is 54.1 Å². The Hall–Kier alpha value is -2.14. The molecule has 2 rings (SSSR count). The standard InChI is InChI=1S/C17H18O4S/c1-20-13-8-6-12(7-9-13)16(17(18)19)11-22-15-5-3-4-14(10-15)21-2/h3-10,16H,11H2,1-2H3,(H,18,19). The van der Waals surface area contributed by atoms with E-state index in [1.54, 1.807) is 38.5 Å². The van der Waals surface area contributed by atoms with E-state index in [1.165, 1.54) is 11.8 Å². The van der Waals surface area contributed by atoms with Crippen LogP contribution in [0.15, 0.2) is 53.4 Å². The summed E-state index contributed by atoms with van der Waals surface area (Å²) >= 11 is 1.50. The molecule has 0 amide bonds. The smallest absolute Gasteiger partial charge is 0.311 e. The van der Waals surface area contributed by atoms with Gasteiger partial charge in [0.25, 0.3) is 0 Å². The molecule has 0 bridgehead atoms. The van der Waals surface area contributed by atoms with Crippen LogP contribution in [0, 0.1) is 0 Å². The number of hydrogen-bond donors (Lipinski definition) is 1. The van der Waals surface area contributed by atoms with Crippen molar-refractivity contribution < 1.29 is 19.4 Å². The molecule has 116 valence electrons. The van der Waals surface area contributed by atoms with Gasteiger partial charge in [-0.3, -0.25) is 4.79 Å². The molecular weight excluding hydrogens is 300 g/mol. The van der Waals surface area contributed by atoms with Gasteiger partial charge in [0.1, 0.15) is 11.5 Å². The lowest BCUT2D eigenvalue weighted by atomic mass is 10.0. The molecule has 0 fully saturated rings. The molecule has 1 unspecified atom stereocenters. The molecule has 2 aromatic carbocycles. The summed E-state index contributed by atoms with van der Waals surface area (Å²) in [4.78, 5) is 12.5. The molecule has 2 aromatic rings. The molecule has 0 aliphatic heterocycles. The Morgan fingerprint density at radius 2 is 1.77 bits per heavy atom. The first-order valence-electron chi connectivity index (χ1n) is 6.77. The van der Waals surface area contributed by atoms with Crippen LogP contribution >= 0.6 is 11.8 Å². The predicted octanol–water partition coefficient (Wildman–Crippen LogP) is 3.66. The van der Waals surface area contributed by atoms with E-state index >= 15 is 0 Å². The van der Waals surface area contributed by atoms with Gasteiger partial charge < -0.3 is 14.6 Å². The molecular formula is C17H18O4S. The van der Waals surface area contributed by atoms with Gasteiger partial charge in [0.2, 0.25) is 0 Å². The van der Waals surface area contributed by atoms with Gasteiger partial charge in [-0.25, -0.2) is 0 Å². The highest BCUT2D eigenvalue weighted by molar-refractivity contribution is 7.99. The van der Waals surface area contributed by atoms with Gasteiger partial charge in [0.05, 0.1) is 20.1 Å². The number of thioether (sulfide) groups is 1. The van der Waals surface area contributed by atoms with Crippen LogP contribution in [-0.4, -0.2) is 31.0 Å². The number of ether oxygens (including phenoxy) is 2. The lowest BCUT2D eigenvalue weighted by Gasteiger charge is -2.13. The Morgan fingerprint density at radius 1 is 1.09 bits per heavy atom. The van der Waals surface area contributed by atoms with E-state index < -0.39 is 11.9 Å². The molecule has 1 N–H and O–H groups in total. The average molecular weight is 318 g/mol. The monoisotopic (exact) mass is 318 g/mol. The minimum absolute atomic E-state index is 0.453. The molecule has 4 nitrogen and oxygen atoms in total. The Bertz CT molecular complexity index is 625. The highest BCUT2D eigenvalue weighted by atomic mass is 32.2. The summed E-state index contributed by atoms with van der Waals surface area (Å²) in [5, 5.41) is 9.46. The first kappa shape index (κ1) is 16.2. The van der Waals surface area contributed by atoms with Gasteiger partial charge in [-0.15, -0.1) is 11.8 Å². The predicted molar refractivity (Wildman–Crippen MR) is 87.1 cm³/mol. The number of methoxy groups -OCH3 is 2. The Labute approximate surface area is 134 Å². The summed E-state index contributed by atoms with van der Waals surface area (Å²) in [6.07, 6.45) is 0. The van der Waals surface area contributed by atoms with E-state index in [1.807, 2.05) is 24.3 Å². The third kappa shape index (κ3) is 4.18. The molecule has 0 aliphatic rings. The molecule has 5 heteroatoms. The lowest BCUT2D eigenvalue weighted by Crippen LogP contribution is -2.14. The molecule has 0 heterocycles. The van der Waals surface area contributed by atoms with Crippen molar-refractivity contribution in [3.8, 4) is 11.5 Å². The largest absolute Gasteiger partial charge is 0.497 e. The second-order valence-electron chi connectivity index (χ2n) is 4.65. The number of carboxylic acid groups (broad SMARTS) is 1. The molecule has 0 aliphatic carbocycles. The molecule has 0 radical (unpaired) electrons. The molecule has 0 saturated carbocycles. The summed E-state index contributed by atoms with van der Waals surface area (Å²) < 4.78 is 10.3. The van der Waals surface area contributed by atoms with E-state index in [0.29, 0.717) is 11.5 Å². The molecule has 1 atom stereocenters. The summed E-state index contributed by atoms with van der Waals surface area (Å²) in [5.74, 6) is 0.534. The number of hydrogen-bond acceptors (Lipinski definition) is 4. The van der Waals surface area contributed by atoms with Crippen molar-refractivity contribution in [3.63, 3.8) is 0 Å². The zero-order valence-corrected chi connectivity index (χ0v) is 13.3. The SMILES string of the molecule is COc1ccc(C(CSc2cccc(OC)c2)C(=O)O)cc1. The van der Waals surface area contributed by atoms with Crippen molar-refractivity contribution in [1.29, 1.82) is 0 Å². The van der Waals surface area contributed by atoms with E-state index in [-0.39, 0.29) is 0 Å². The zero-order chi connectivity index (χ0) is 15.9. The van der Waals surface area contributed by atoms with Gasteiger partial charge in [0.15, 0.2) is 0 Å². The van der Waals surface area contributed by atoms with Crippen molar-refractivity contribution in [2.45, 2.75) is 10.8 Å². The fraction of sp³-hybridized carbons (Fsp3) is 0.235. The van der Waals surface area contributed by atoms with Crippen LogP contribution in [0.3, 0.4) is 0 Å². The summed E-state index contributed by atoms with van der Waals surface area (Å²) in [5.41, 5.74) is 0.767. The van der Waals surface area contributed by atoms with Crippen LogP contribution in [0.25, 0.3) is 0 Å². The topological polar surface area (TPSA) is 55.8 Å². The van der Waals surface area contributed by atoms with Gasteiger partial charge in [-0.2, -0.15) is 0 Å². The first-order chi connectivity index (χ1) is 10.6. The minimum Gasteiger partial charge on any atom is -0.497 e. The Morgan fingerprint density at radius 3 is 2.36 bits per heavy atom. The maximum atomic E-state index is 11.5. The third-order valence-electron chi connectivity index (χ3n) is 3.27. The minimum atomic E-state index is -0.833. The van der Waals surface area contributed by atoms with Gasteiger partial charge in [0, 0.05) is 10.6 Å².